The maximum atomic E-state index is 13.8. The molecule has 0 bridgehead atoms. The molecule has 13 nitrogen and oxygen atoms in total. The first-order chi connectivity index (χ1) is 25.5. The van der Waals surface area contributed by atoms with Gasteiger partial charge in [-0.05, 0) is 55.5 Å². The Kier molecular flexibility index (Phi) is 14.0. The molecule has 288 valence electrons. The highest BCUT2D eigenvalue weighted by atomic mass is 16.7. The van der Waals surface area contributed by atoms with E-state index in [9.17, 15) is 19.5 Å². The lowest BCUT2D eigenvalue weighted by atomic mass is 9.88. The van der Waals surface area contributed by atoms with Crippen LogP contribution in [0.4, 0.5) is 4.79 Å². The van der Waals surface area contributed by atoms with Gasteiger partial charge in [-0.25, -0.2) is 9.69 Å². The van der Waals surface area contributed by atoms with Gasteiger partial charge < -0.3 is 43.0 Å². The summed E-state index contributed by atoms with van der Waals surface area (Å²) < 4.78 is 48.0. The highest BCUT2D eigenvalue weighted by Crippen LogP contribution is 2.36. The number of methoxy groups -OCH3 is 2. The number of allylic oxidation sites excluding steroid dienone is 1. The number of imide groups is 1. The Balaban J connectivity index is 1.28. The summed E-state index contributed by atoms with van der Waals surface area (Å²) in [4.78, 5) is 40.7. The molecule has 8 unspecified atom stereocenters. The Labute approximate surface area is 310 Å². The quantitative estimate of drug-likeness (QED) is 0.242. The number of nitrogens with zero attached hydrogens (tertiary/aromatic N) is 1. The molecule has 5 rings (SSSR count). The fourth-order valence-corrected chi connectivity index (χ4v) is 7.13. The van der Waals surface area contributed by atoms with Crippen LogP contribution in [0.15, 0.2) is 84.7 Å². The van der Waals surface area contributed by atoms with Gasteiger partial charge in [-0.15, -0.1) is 0 Å². The summed E-state index contributed by atoms with van der Waals surface area (Å²) in [5.41, 5.74) is 0.968. The fourth-order valence-electron chi connectivity index (χ4n) is 7.13. The number of rotatable bonds is 16. The van der Waals surface area contributed by atoms with Crippen LogP contribution < -0.4 is 0 Å². The smallest absolute Gasteiger partial charge is 0.417 e. The van der Waals surface area contributed by atoms with E-state index in [1.807, 2.05) is 74.5 Å². The van der Waals surface area contributed by atoms with E-state index in [1.54, 1.807) is 19.9 Å². The minimum Gasteiger partial charge on any atom is -0.479 e. The molecule has 2 aromatic rings. The predicted molar refractivity (Wildman–Crippen MR) is 191 cm³/mol. The second-order valence-electron chi connectivity index (χ2n) is 14.0. The highest BCUT2D eigenvalue weighted by Gasteiger charge is 2.55. The van der Waals surface area contributed by atoms with Crippen LogP contribution in [0, 0.1) is 5.92 Å². The number of carbonyl (C=O) groups excluding carboxylic acids is 3. The fraction of sp³-hybridized carbons (Fsp3) is 0.525. The van der Waals surface area contributed by atoms with Crippen molar-refractivity contribution in [3.63, 3.8) is 0 Å². The first-order valence-corrected chi connectivity index (χ1v) is 17.9. The molecule has 53 heavy (non-hydrogen) atoms. The Morgan fingerprint density at radius 1 is 0.906 bits per heavy atom. The van der Waals surface area contributed by atoms with Gasteiger partial charge in [0.15, 0.2) is 24.3 Å². The number of hydrogen-bond acceptors (Lipinski definition) is 12. The number of aliphatic hydroxyl groups excluding tert-OH is 1. The van der Waals surface area contributed by atoms with Crippen molar-refractivity contribution in [3.05, 3.63) is 95.8 Å². The van der Waals surface area contributed by atoms with Gasteiger partial charge in [0.2, 0.25) is 0 Å². The lowest BCUT2D eigenvalue weighted by molar-refractivity contribution is -0.319. The number of aliphatic hydroxyl groups is 1. The number of ether oxygens (including phenoxy) is 8. The number of benzene rings is 2. The van der Waals surface area contributed by atoms with Crippen LogP contribution in [0.5, 0.6) is 0 Å². The number of hydrogen-bond donors (Lipinski definition) is 1. The summed E-state index contributed by atoms with van der Waals surface area (Å²) >= 11 is 0. The van der Waals surface area contributed by atoms with Crippen molar-refractivity contribution in [1.29, 1.82) is 0 Å². The minimum atomic E-state index is -1.40. The number of ketones is 1. The van der Waals surface area contributed by atoms with E-state index in [2.05, 4.69) is 0 Å². The van der Waals surface area contributed by atoms with Gasteiger partial charge >= 0.3 is 6.09 Å². The van der Waals surface area contributed by atoms with Crippen molar-refractivity contribution in [1.82, 2.24) is 4.90 Å². The zero-order valence-electron chi connectivity index (χ0n) is 31.1. The Morgan fingerprint density at radius 2 is 1.53 bits per heavy atom. The zero-order chi connectivity index (χ0) is 38.1. The standard InChI is InChI=1S/C40H51NO12/c1-25(2)36-40(3,4)53-39(45)41(36)37(44)34(46-5)31-29(43)20-19-28(51-31)18-13-21-48-35-33(50-24-27-16-11-8-12-17-27)32(30(22-42)52-38(35)47-6)49-23-26-14-9-7-10-15-26/h7-12,14-20,25,30-36,38,42H,13,21-24H2,1-6H3. The molecule has 2 aromatic carbocycles. The van der Waals surface area contributed by atoms with E-state index in [0.29, 0.717) is 12.2 Å². The van der Waals surface area contributed by atoms with Crippen molar-refractivity contribution in [2.75, 3.05) is 27.4 Å². The number of carbonyl (C=O) groups is 3. The van der Waals surface area contributed by atoms with Crippen molar-refractivity contribution in [3.8, 4) is 0 Å². The third-order valence-corrected chi connectivity index (χ3v) is 9.48. The van der Waals surface area contributed by atoms with Gasteiger partial charge in [-0.3, -0.25) is 9.59 Å². The van der Waals surface area contributed by atoms with Crippen molar-refractivity contribution >= 4 is 17.8 Å². The third-order valence-electron chi connectivity index (χ3n) is 9.48. The zero-order valence-corrected chi connectivity index (χ0v) is 31.1. The van der Waals surface area contributed by atoms with Gasteiger partial charge in [0.1, 0.15) is 35.8 Å². The van der Waals surface area contributed by atoms with E-state index in [-0.39, 0.29) is 32.3 Å². The highest BCUT2D eigenvalue weighted by molar-refractivity contribution is 6.03. The molecule has 0 aliphatic carbocycles. The van der Waals surface area contributed by atoms with Crippen LogP contribution in [0.25, 0.3) is 0 Å². The Bertz CT molecular complexity index is 1580. The van der Waals surface area contributed by atoms with Crippen LogP contribution >= 0.6 is 0 Å². The lowest BCUT2D eigenvalue weighted by Gasteiger charge is -2.45. The molecule has 8 atom stereocenters. The monoisotopic (exact) mass is 737 g/mol. The van der Waals surface area contributed by atoms with Gasteiger partial charge in [0.25, 0.3) is 5.91 Å². The first kappa shape index (κ1) is 40.2. The van der Waals surface area contributed by atoms with Gasteiger partial charge in [0.05, 0.1) is 32.5 Å². The van der Waals surface area contributed by atoms with Gasteiger partial charge in [-0.2, -0.15) is 0 Å². The second-order valence-corrected chi connectivity index (χ2v) is 14.0. The molecule has 13 heteroatoms. The van der Waals surface area contributed by atoms with Crippen molar-refractivity contribution in [2.24, 2.45) is 5.92 Å². The van der Waals surface area contributed by atoms with E-state index in [0.717, 1.165) is 16.0 Å². The maximum Gasteiger partial charge on any atom is 0.417 e. The first-order valence-electron chi connectivity index (χ1n) is 17.9. The van der Waals surface area contributed by atoms with E-state index in [4.69, 9.17) is 37.9 Å². The van der Waals surface area contributed by atoms with Crippen molar-refractivity contribution < 1.29 is 57.4 Å². The largest absolute Gasteiger partial charge is 0.479 e. The summed E-state index contributed by atoms with van der Waals surface area (Å²) in [7, 11) is 2.78. The van der Waals surface area contributed by atoms with Crippen LogP contribution in [0.1, 0.15) is 45.2 Å². The Hall–Kier alpha value is -3.95. The molecule has 0 radical (unpaired) electrons. The summed E-state index contributed by atoms with van der Waals surface area (Å²) in [5.74, 6) is -0.991. The van der Waals surface area contributed by atoms with Gasteiger partial charge in [0, 0.05) is 14.2 Å². The summed E-state index contributed by atoms with van der Waals surface area (Å²) in [6, 6.07) is 18.8. The molecule has 2 fully saturated rings. The van der Waals surface area contributed by atoms with E-state index in [1.165, 1.54) is 26.4 Å². The van der Waals surface area contributed by atoms with E-state index < -0.39 is 72.3 Å². The maximum absolute atomic E-state index is 13.8. The normalized spacial score (nSPS) is 28.3. The third kappa shape index (κ3) is 9.60. The molecular weight excluding hydrogens is 686 g/mol. The molecule has 1 N–H and O–H groups in total. The average Bonchev–Trinajstić information content (AvgIpc) is 3.41. The SMILES string of the molecule is COC1OC(CO)C(OCc2ccccc2)C(OCc2ccccc2)C1OCCC=C1C=CC(=O)C(C(OC)C(=O)N2C(=O)OC(C)(C)C2C(C)C)O1. The summed E-state index contributed by atoms with van der Waals surface area (Å²) in [6.07, 6.45) is -2.42. The lowest BCUT2D eigenvalue weighted by Crippen LogP contribution is -2.61. The van der Waals surface area contributed by atoms with Crippen LogP contribution in [0.2, 0.25) is 0 Å². The summed E-state index contributed by atoms with van der Waals surface area (Å²) in [5, 5.41) is 10.3. The molecule has 0 saturated carbocycles. The molecule has 3 heterocycles. The number of cyclic esters (lactones) is 1. The summed E-state index contributed by atoms with van der Waals surface area (Å²) in [6.45, 7) is 7.61. The average molecular weight is 738 g/mol. The topological polar surface area (TPSA) is 149 Å². The van der Waals surface area contributed by atoms with Crippen LogP contribution in [-0.4, -0.2) is 110 Å². The Morgan fingerprint density at radius 3 is 2.09 bits per heavy atom. The molecule has 2 amide bonds. The molecule has 3 aliphatic rings. The van der Waals surface area contributed by atoms with Crippen molar-refractivity contribution in [2.45, 2.75) is 102 Å². The predicted octanol–water partition coefficient (Wildman–Crippen LogP) is 4.50. The molecule has 3 aliphatic heterocycles. The molecule has 0 spiro atoms. The van der Waals surface area contributed by atoms with E-state index >= 15 is 0 Å². The molecule has 0 aromatic heterocycles. The molecular formula is C40H51NO12. The number of amides is 2. The molecule has 2 saturated heterocycles. The van der Waals surface area contributed by atoms with Crippen LogP contribution in [0.3, 0.4) is 0 Å². The minimum absolute atomic E-state index is 0.118. The van der Waals surface area contributed by atoms with Crippen LogP contribution in [-0.2, 0) is 60.7 Å². The van der Waals surface area contributed by atoms with Gasteiger partial charge in [-0.1, -0.05) is 74.5 Å². The second kappa shape index (κ2) is 18.4.